The van der Waals surface area contributed by atoms with E-state index in [-0.39, 0.29) is 0 Å². The molecule has 1 saturated carbocycles. The van der Waals surface area contributed by atoms with Gasteiger partial charge in [0.2, 0.25) is 5.82 Å². The molecule has 30 heavy (non-hydrogen) atoms. The Balaban J connectivity index is 0. The van der Waals surface area contributed by atoms with Gasteiger partial charge in [0.15, 0.2) is 23.3 Å². The van der Waals surface area contributed by atoms with E-state index in [1.165, 1.54) is 0 Å². The van der Waals surface area contributed by atoms with E-state index in [2.05, 4.69) is 38.0 Å². The van der Waals surface area contributed by atoms with Crippen molar-refractivity contribution in [1.82, 2.24) is 0 Å². The number of nitriles is 1. The van der Waals surface area contributed by atoms with Crippen molar-refractivity contribution in [2.45, 2.75) is 33.8 Å². The topological polar surface area (TPSA) is 50.1 Å². The number of allylic oxidation sites excluding steroid dienone is 3. The van der Waals surface area contributed by atoms with Crippen LogP contribution in [0.25, 0.3) is 0 Å². The highest BCUT2D eigenvalue weighted by Gasteiger charge is 2.45. The number of methoxy groups -OCH3 is 1. The number of nitrogens with zero attached hydrogens (tertiary/aromatic N) is 1. The number of benzene rings is 1. The van der Waals surface area contributed by atoms with E-state index in [4.69, 9.17) is 5.26 Å². The molecule has 1 aliphatic rings. The number of carbonyl (C=O) groups is 1. The van der Waals surface area contributed by atoms with E-state index in [0.29, 0.717) is 16.9 Å². The fourth-order valence-electron chi connectivity index (χ4n) is 1.90. The lowest BCUT2D eigenvalue weighted by Crippen LogP contribution is -2.07. The molecule has 0 radical (unpaired) electrons. The van der Waals surface area contributed by atoms with E-state index in [1.807, 2.05) is 13.0 Å². The molecule has 1 fully saturated rings. The SMILES string of the molecule is C#C.C=C(C#N)/C=C/C.CC1(C)CC1C=O.COCc1c(F)c(F)c(F)c(F)c1F. The summed E-state index contributed by atoms with van der Waals surface area (Å²) in [4.78, 5) is 9.98. The van der Waals surface area contributed by atoms with Crippen molar-refractivity contribution in [3.63, 3.8) is 0 Å². The minimum Gasteiger partial charge on any atom is -0.380 e. The third-order valence-corrected chi connectivity index (χ3v) is 3.85. The summed E-state index contributed by atoms with van der Waals surface area (Å²) in [6.45, 7) is 8.82. The first-order valence-corrected chi connectivity index (χ1v) is 8.47. The summed E-state index contributed by atoms with van der Waals surface area (Å²) < 4.78 is 67.4. The van der Waals surface area contributed by atoms with Crippen LogP contribution < -0.4 is 0 Å². The molecule has 0 saturated heterocycles. The summed E-state index contributed by atoms with van der Waals surface area (Å²) >= 11 is 0. The largest absolute Gasteiger partial charge is 0.380 e. The third kappa shape index (κ3) is 9.02. The van der Waals surface area contributed by atoms with E-state index in [9.17, 15) is 26.7 Å². The van der Waals surface area contributed by atoms with Crippen LogP contribution in [0.3, 0.4) is 0 Å². The van der Waals surface area contributed by atoms with E-state index < -0.39 is 41.3 Å². The summed E-state index contributed by atoms with van der Waals surface area (Å²) in [6, 6.07) is 1.88. The molecule has 3 nitrogen and oxygen atoms in total. The summed E-state index contributed by atoms with van der Waals surface area (Å²) in [6.07, 6.45) is 13.6. The second kappa shape index (κ2) is 14.1. The highest BCUT2D eigenvalue weighted by molar-refractivity contribution is 5.59. The first kappa shape index (κ1) is 29.2. The van der Waals surface area contributed by atoms with Gasteiger partial charge in [0.25, 0.3) is 0 Å². The predicted octanol–water partition coefficient (Wildman–Crippen LogP) is 5.65. The molecule has 0 spiro atoms. The van der Waals surface area contributed by atoms with Crippen LogP contribution >= 0.6 is 0 Å². The lowest BCUT2D eigenvalue weighted by Gasteiger charge is -2.06. The minimum absolute atomic E-state index is 0.349. The maximum absolute atomic E-state index is 12.8. The van der Waals surface area contributed by atoms with Crippen molar-refractivity contribution in [2.24, 2.45) is 11.3 Å². The summed E-state index contributed by atoms with van der Waals surface area (Å²) in [5.74, 6) is -9.44. The van der Waals surface area contributed by atoms with Gasteiger partial charge in [0.1, 0.15) is 6.29 Å². The molecule has 1 aromatic carbocycles. The quantitative estimate of drug-likeness (QED) is 0.118. The molecule has 164 valence electrons. The predicted molar refractivity (Wildman–Crippen MR) is 104 cm³/mol. The minimum atomic E-state index is -2.17. The number of hydrogen-bond donors (Lipinski definition) is 0. The Hall–Kier alpha value is -2.97. The van der Waals surface area contributed by atoms with Crippen molar-refractivity contribution < 1.29 is 31.5 Å². The molecular formula is C22H24F5NO2. The van der Waals surface area contributed by atoms with Crippen LogP contribution in [0.5, 0.6) is 0 Å². The van der Waals surface area contributed by atoms with Crippen LogP contribution in [0, 0.1) is 64.6 Å². The Kier molecular flexibility index (Phi) is 13.7. The van der Waals surface area contributed by atoms with Gasteiger partial charge >= 0.3 is 0 Å². The van der Waals surface area contributed by atoms with Crippen LogP contribution in [0.15, 0.2) is 24.3 Å². The number of halogens is 5. The smallest absolute Gasteiger partial charge is 0.200 e. The second-order valence-corrected chi connectivity index (χ2v) is 6.55. The summed E-state index contributed by atoms with van der Waals surface area (Å²) in [5, 5.41) is 8.07. The Morgan fingerprint density at radius 3 is 1.77 bits per heavy atom. The number of ether oxygens (including phenoxy) is 1. The number of aldehydes is 1. The van der Waals surface area contributed by atoms with Gasteiger partial charge in [0.05, 0.1) is 18.2 Å². The highest BCUT2D eigenvalue weighted by atomic mass is 19.2. The molecule has 0 aromatic heterocycles. The first-order valence-electron chi connectivity index (χ1n) is 8.47. The van der Waals surface area contributed by atoms with Gasteiger partial charge in [-0.1, -0.05) is 26.5 Å². The number of hydrogen-bond acceptors (Lipinski definition) is 3. The Labute approximate surface area is 173 Å². The summed E-state index contributed by atoms with van der Waals surface area (Å²) in [7, 11) is 1.08. The van der Waals surface area contributed by atoms with E-state index >= 15 is 0 Å². The fraction of sp³-hybridized carbons (Fsp3) is 0.364. The average molecular weight is 429 g/mol. The van der Waals surface area contributed by atoms with Crippen molar-refractivity contribution in [2.75, 3.05) is 7.11 Å². The maximum atomic E-state index is 12.8. The number of carbonyl (C=O) groups excluding carboxylic acids is 1. The zero-order valence-electron chi connectivity index (χ0n) is 17.2. The molecule has 0 amide bonds. The lowest BCUT2D eigenvalue weighted by atomic mass is 10.1. The van der Waals surface area contributed by atoms with E-state index in [1.54, 1.807) is 12.2 Å². The maximum Gasteiger partial charge on any atom is 0.200 e. The molecule has 1 aromatic rings. The van der Waals surface area contributed by atoms with Gasteiger partial charge in [-0.3, -0.25) is 0 Å². The zero-order chi connectivity index (χ0) is 24.1. The van der Waals surface area contributed by atoms with Gasteiger partial charge in [-0.15, -0.1) is 12.8 Å². The van der Waals surface area contributed by atoms with Gasteiger partial charge in [0, 0.05) is 18.6 Å². The summed E-state index contributed by atoms with van der Waals surface area (Å²) in [5.41, 5.74) is -0.117. The Morgan fingerprint density at radius 1 is 1.17 bits per heavy atom. The average Bonchev–Trinajstić information content (AvgIpc) is 3.37. The molecular weight excluding hydrogens is 405 g/mol. The monoisotopic (exact) mass is 429 g/mol. The van der Waals surface area contributed by atoms with Crippen LogP contribution in [0.4, 0.5) is 22.0 Å². The van der Waals surface area contributed by atoms with Crippen molar-refractivity contribution in [3.8, 4) is 18.9 Å². The van der Waals surface area contributed by atoms with Crippen LogP contribution in [0.2, 0.25) is 0 Å². The van der Waals surface area contributed by atoms with Crippen molar-refractivity contribution >= 4 is 6.29 Å². The van der Waals surface area contributed by atoms with Crippen molar-refractivity contribution in [1.29, 1.82) is 5.26 Å². The van der Waals surface area contributed by atoms with Gasteiger partial charge in [-0.2, -0.15) is 5.26 Å². The van der Waals surface area contributed by atoms with Gasteiger partial charge < -0.3 is 9.53 Å². The van der Waals surface area contributed by atoms with E-state index in [0.717, 1.165) is 19.8 Å². The molecule has 1 atom stereocenters. The third-order valence-electron chi connectivity index (χ3n) is 3.85. The molecule has 2 rings (SSSR count). The molecule has 0 bridgehead atoms. The Morgan fingerprint density at radius 2 is 1.57 bits per heavy atom. The molecule has 0 heterocycles. The fourth-order valence-corrected chi connectivity index (χ4v) is 1.90. The standard InChI is InChI=1S/C8H5F5O.C6H7N.C6H10O.C2H2/c1-14-2-3-4(9)6(11)8(13)7(12)5(3)10;1-3-4-6(2)5-7;1-6(2)3-5(6)4-7;1-2/h2H2,1H3;3-4H,2H2,1H3;4-5H,3H2,1-2H3;1-2H/b;4-3+;;. The van der Waals surface area contributed by atoms with Crippen molar-refractivity contribution in [3.05, 3.63) is 59.0 Å². The number of rotatable bonds is 4. The Bertz CT molecular complexity index is 794. The van der Waals surface area contributed by atoms with Gasteiger partial charge in [-0.25, -0.2) is 22.0 Å². The van der Waals surface area contributed by atoms with Crippen LogP contribution in [-0.4, -0.2) is 13.4 Å². The molecule has 0 aliphatic heterocycles. The zero-order valence-corrected chi connectivity index (χ0v) is 17.2. The lowest BCUT2D eigenvalue weighted by molar-refractivity contribution is -0.109. The second-order valence-electron chi connectivity index (χ2n) is 6.55. The molecule has 0 N–H and O–H groups in total. The molecule has 1 unspecified atom stereocenters. The number of terminal acetylenes is 1. The normalized spacial score (nSPS) is 15.2. The first-order chi connectivity index (χ1) is 14.0. The highest BCUT2D eigenvalue weighted by Crippen LogP contribution is 2.49. The van der Waals surface area contributed by atoms with Crippen LogP contribution in [-0.2, 0) is 16.1 Å². The van der Waals surface area contributed by atoms with Gasteiger partial charge in [-0.05, 0) is 24.8 Å². The molecule has 1 aliphatic carbocycles. The van der Waals surface area contributed by atoms with Crippen LogP contribution in [0.1, 0.15) is 32.8 Å². The molecule has 8 heteroatoms.